The molecule has 1 N–H and O–H groups in total. The van der Waals surface area contributed by atoms with Crippen molar-refractivity contribution in [1.82, 2.24) is 10.4 Å². The Morgan fingerprint density at radius 2 is 2.20 bits per heavy atom. The highest BCUT2D eigenvalue weighted by Crippen LogP contribution is 1.83. The van der Waals surface area contributed by atoms with E-state index in [-0.39, 0.29) is 0 Å². The maximum absolute atomic E-state index is 4.20. The van der Waals surface area contributed by atoms with Crippen molar-refractivity contribution in [2.75, 3.05) is 13.6 Å². The van der Waals surface area contributed by atoms with Crippen LogP contribution in [0.15, 0.2) is 4.99 Å². The lowest BCUT2D eigenvalue weighted by molar-refractivity contribution is 0.366. The second-order valence-corrected chi connectivity index (χ2v) is 2.37. The second-order valence-electron chi connectivity index (χ2n) is 2.37. The molecule has 0 amide bonds. The van der Waals surface area contributed by atoms with E-state index in [1.165, 1.54) is 0 Å². The zero-order valence-electron chi connectivity index (χ0n) is 7.26. The fraction of sp³-hybridized carbons (Fsp3) is 0.857. The van der Waals surface area contributed by atoms with E-state index in [1.54, 1.807) is 0 Å². The minimum atomic E-state index is 0.377. The van der Waals surface area contributed by atoms with Gasteiger partial charge in [0, 0.05) is 19.6 Å². The molecule has 0 saturated carbocycles. The molecule has 60 valence electrons. The second kappa shape index (κ2) is 5.23. The molecule has 3 nitrogen and oxygen atoms in total. The molecular weight excluding hydrogens is 126 g/mol. The van der Waals surface area contributed by atoms with Gasteiger partial charge < -0.3 is 0 Å². The number of nitrogens with zero attached hydrogens (tertiary/aromatic N) is 2. The highest BCUT2D eigenvalue weighted by molar-refractivity contribution is 5.54. The largest absolute Gasteiger partial charge is 0.299 e. The van der Waals surface area contributed by atoms with E-state index in [4.69, 9.17) is 0 Å². The van der Waals surface area contributed by atoms with E-state index in [9.17, 15) is 0 Å². The lowest BCUT2D eigenvalue weighted by Gasteiger charge is -2.14. The molecule has 0 saturated heterocycles. The molecule has 0 fully saturated rings. The predicted octanol–water partition coefficient (Wildman–Crippen LogP) is 0.879. The van der Waals surface area contributed by atoms with Crippen molar-refractivity contribution in [3.05, 3.63) is 0 Å². The van der Waals surface area contributed by atoms with Gasteiger partial charge in [0.15, 0.2) is 0 Å². The van der Waals surface area contributed by atoms with Gasteiger partial charge in [0.05, 0.1) is 6.34 Å². The molecule has 0 aliphatic carbocycles. The first-order valence-electron chi connectivity index (χ1n) is 3.68. The lowest BCUT2D eigenvalue weighted by atomic mass is 10.4. The summed E-state index contributed by atoms with van der Waals surface area (Å²) in [6.45, 7) is 7.12. The molecule has 0 atom stereocenters. The Labute approximate surface area is 63.1 Å². The Morgan fingerprint density at radius 1 is 1.60 bits per heavy atom. The highest BCUT2D eigenvalue weighted by Gasteiger charge is 1.89. The minimum Gasteiger partial charge on any atom is -0.299 e. The first kappa shape index (κ1) is 9.43. The number of hydrogen-bond acceptors (Lipinski definition) is 2. The summed E-state index contributed by atoms with van der Waals surface area (Å²) in [6, 6.07) is 0.377. The van der Waals surface area contributed by atoms with Gasteiger partial charge in [-0.05, 0) is 20.8 Å². The van der Waals surface area contributed by atoms with E-state index in [0.717, 1.165) is 6.54 Å². The number of aliphatic imine (C=N–C) groups is 1. The van der Waals surface area contributed by atoms with Crippen LogP contribution >= 0.6 is 0 Å². The molecule has 0 aromatic heterocycles. The van der Waals surface area contributed by atoms with E-state index in [0.29, 0.717) is 6.04 Å². The van der Waals surface area contributed by atoms with E-state index in [2.05, 4.69) is 31.2 Å². The molecule has 0 spiro atoms. The number of nitrogens with one attached hydrogen (secondary N) is 1. The third kappa shape index (κ3) is 4.32. The monoisotopic (exact) mass is 143 g/mol. The highest BCUT2D eigenvalue weighted by atomic mass is 15.5. The third-order valence-corrected chi connectivity index (χ3v) is 1.13. The molecule has 0 unspecified atom stereocenters. The average Bonchev–Trinajstić information content (AvgIpc) is 1.90. The van der Waals surface area contributed by atoms with Crippen LogP contribution in [-0.2, 0) is 0 Å². The van der Waals surface area contributed by atoms with E-state index in [1.807, 2.05) is 18.4 Å². The van der Waals surface area contributed by atoms with Crippen LogP contribution in [0.5, 0.6) is 0 Å². The van der Waals surface area contributed by atoms with E-state index < -0.39 is 0 Å². The number of rotatable bonds is 4. The van der Waals surface area contributed by atoms with Crippen molar-refractivity contribution in [3.8, 4) is 0 Å². The van der Waals surface area contributed by atoms with Gasteiger partial charge in [-0.25, -0.2) is 5.43 Å². The molecule has 0 aliphatic rings. The van der Waals surface area contributed by atoms with Crippen molar-refractivity contribution in [3.63, 3.8) is 0 Å². The average molecular weight is 143 g/mol. The number of hydrazine groups is 1. The summed E-state index contributed by atoms with van der Waals surface area (Å²) in [5.41, 5.74) is 2.99. The molecule has 0 bridgehead atoms. The van der Waals surface area contributed by atoms with Crippen LogP contribution in [0.2, 0.25) is 0 Å². The van der Waals surface area contributed by atoms with Gasteiger partial charge in [0.2, 0.25) is 0 Å². The van der Waals surface area contributed by atoms with Crippen molar-refractivity contribution >= 4 is 6.34 Å². The lowest BCUT2D eigenvalue weighted by Crippen LogP contribution is -2.33. The van der Waals surface area contributed by atoms with Crippen molar-refractivity contribution in [2.45, 2.75) is 26.8 Å². The van der Waals surface area contributed by atoms with Gasteiger partial charge in [-0.3, -0.25) is 10.0 Å². The predicted molar refractivity (Wildman–Crippen MR) is 45.1 cm³/mol. The van der Waals surface area contributed by atoms with Crippen LogP contribution in [0, 0.1) is 0 Å². The Hall–Kier alpha value is -0.570. The van der Waals surface area contributed by atoms with Crippen molar-refractivity contribution in [2.24, 2.45) is 4.99 Å². The van der Waals surface area contributed by atoms with Crippen LogP contribution in [0.3, 0.4) is 0 Å². The summed E-state index contributed by atoms with van der Waals surface area (Å²) in [4.78, 5) is 4.20. The van der Waals surface area contributed by atoms with Crippen molar-refractivity contribution in [1.29, 1.82) is 0 Å². The summed E-state index contributed by atoms with van der Waals surface area (Å²) in [5.74, 6) is 0. The van der Waals surface area contributed by atoms with Gasteiger partial charge in [-0.2, -0.15) is 0 Å². The first-order valence-corrected chi connectivity index (χ1v) is 3.68. The Kier molecular flexibility index (Phi) is 4.94. The summed E-state index contributed by atoms with van der Waals surface area (Å²) in [5, 5.41) is 1.93. The summed E-state index contributed by atoms with van der Waals surface area (Å²) >= 11 is 0. The molecule has 0 radical (unpaired) electrons. The molecule has 0 aromatic carbocycles. The van der Waals surface area contributed by atoms with Crippen LogP contribution < -0.4 is 5.43 Å². The SMILES string of the molecule is CCN(C=NC(C)C)NC. The minimum absolute atomic E-state index is 0.377. The normalized spacial score (nSPS) is 11.3. The van der Waals surface area contributed by atoms with Gasteiger partial charge in [-0.1, -0.05) is 0 Å². The Morgan fingerprint density at radius 3 is 2.50 bits per heavy atom. The zero-order valence-corrected chi connectivity index (χ0v) is 7.26. The van der Waals surface area contributed by atoms with Gasteiger partial charge >= 0.3 is 0 Å². The Bertz CT molecular complexity index is 95.0. The number of hydrogen-bond donors (Lipinski definition) is 1. The quantitative estimate of drug-likeness (QED) is 0.359. The van der Waals surface area contributed by atoms with Gasteiger partial charge in [0.25, 0.3) is 0 Å². The molecule has 10 heavy (non-hydrogen) atoms. The van der Waals surface area contributed by atoms with Crippen LogP contribution in [0.25, 0.3) is 0 Å². The fourth-order valence-corrected chi connectivity index (χ4v) is 0.511. The molecule has 0 heterocycles. The molecule has 3 heteroatoms. The van der Waals surface area contributed by atoms with Gasteiger partial charge in [-0.15, -0.1) is 0 Å². The van der Waals surface area contributed by atoms with Crippen molar-refractivity contribution < 1.29 is 0 Å². The maximum atomic E-state index is 4.20. The molecule has 0 aromatic rings. The topological polar surface area (TPSA) is 27.6 Å². The maximum Gasteiger partial charge on any atom is 0.0995 e. The molecule has 0 aliphatic heterocycles. The summed E-state index contributed by atoms with van der Waals surface area (Å²) < 4.78 is 0. The first-order chi connectivity index (χ1) is 4.70. The molecule has 0 rings (SSSR count). The van der Waals surface area contributed by atoms with Crippen LogP contribution in [0.1, 0.15) is 20.8 Å². The third-order valence-electron chi connectivity index (χ3n) is 1.13. The molecular formula is C7H17N3. The summed E-state index contributed by atoms with van der Waals surface area (Å²) in [6.07, 6.45) is 1.82. The summed E-state index contributed by atoms with van der Waals surface area (Å²) in [7, 11) is 1.88. The van der Waals surface area contributed by atoms with E-state index >= 15 is 0 Å². The van der Waals surface area contributed by atoms with Crippen LogP contribution in [0.4, 0.5) is 0 Å². The van der Waals surface area contributed by atoms with Crippen LogP contribution in [-0.4, -0.2) is 31.0 Å². The van der Waals surface area contributed by atoms with Gasteiger partial charge in [0.1, 0.15) is 0 Å². The smallest absolute Gasteiger partial charge is 0.0995 e. The fourth-order valence-electron chi connectivity index (χ4n) is 0.511. The standard InChI is InChI=1S/C7H17N3/c1-5-10(8-4)6-9-7(2)3/h6-8H,5H2,1-4H3. The zero-order chi connectivity index (χ0) is 7.98. The Balaban J connectivity index is 3.61.